The molecule has 126 valence electrons. The maximum absolute atomic E-state index is 12.7. The summed E-state index contributed by atoms with van der Waals surface area (Å²) in [6.45, 7) is 9.49. The van der Waals surface area contributed by atoms with Crippen molar-refractivity contribution >= 4 is 5.91 Å². The molecule has 2 fully saturated rings. The van der Waals surface area contributed by atoms with Gasteiger partial charge in [-0.05, 0) is 11.6 Å². The quantitative estimate of drug-likeness (QED) is 0.943. The number of carbonyl (C=O) groups is 1. The Morgan fingerprint density at radius 3 is 2.29 bits per heavy atom. The summed E-state index contributed by atoms with van der Waals surface area (Å²) in [5, 5.41) is 0. The minimum Gasteiger partial charge on any atom is -0.367 e. The van der Waals surface area contributed by atoms with Crippen molar-refractivity contribution in [1.29, 1.82) is 0 Å². The smallest absolute Gasteiger partial charge is 0.255 e. The zero-order chi connectivity index (χ0) is 16.8. The number of nitrogens with zero attached hydrogens (tertiary/aromatic N) is 2. The molecule has 2 aromatic rings. The van der Waals surface area contributed by atoms with Crippen LogP contribution in [-0.2, 0) is 6.54 Å². The Balaban J connectivity index is 1.48. The van der Waals surface area contributed by atoms with E-state index >= 15 is 0 Å². The van der Waals surface area contributed by atoms with Gasteiger partial charge < -0.3 is 9.88 Å². The molecule has 1 amide bonds. The molecular weight excluding hydrogens is 298 g/mol. The fourth-order valence-electron chi connectivity index (χ4n) is 4.54. The van der Waals surface area contributed by atoms with Crippen LogP contribution in [0, 0.1) is 10.8 Å². The van der Waals surface area contributed by atoms with Gasteiger partial charge >= 0.3 is 0 Å². The lowest BCUT2D eigenvalue weighted by Crippen LogP contribution is -2.35. The second-order valence-corrected chi connectivity index (χ2v) is 8.01. The molecule has 4 rings (SSSR count). The lowest BCUT2D eigenvalue weighted by molar-refractivity contribution is 0.0757. The maximum atomic E-state index is 12.7. The third-order valence-corrected chi connectivity index (χ3v) is 6.06. The van der Waals surface area contributed by atoms with E-state index in [1.54, 1.807) is 6.20 Å². The molecule has 0 radical (unpaired) electrons. The number of fused-ring (bicyclic) bond motifs is 1. The molecule has 1 aromatic carbocycles. The van der Waals surface area contributed by atoms with Crippen LogP contribution in [0.25, 0.3) is 0 Å². The zero-order valence-corrected chi connectivity index (χ0v) is 14.5. The molecule has 1 N–H and O–H groups in total. The van der Waals surface area contributed by atoms with Crippen molar-refractivity contribution in [3.05, 3.63) is 59.9 Å². The number of nitrogens with one attached hydrogen (secondary N) is 1. The number of rotatable bonds is 3. The fourth-order valence-corrected chi connectivity index (χ4v) is 4.54. The Hall–Kier alpha value is -2.07. The number of hydrogen-bond donors (Lipinski definition) is 1. The number of aromatic amines is 1. The first-order chi connectivity index (χ1) is 11.5. The summed E-state index contributed by atoms with van der Waals surface area (Å²) in [5.41, 5.74) is 2.45. The number of aromatic nitrogens is 1. The summed E-state index contributed by atoms with van der Waals surface area (Å²) in [4.78, 5) is 20.3. The van der Waals surface area contributed by atoms with Gasteiger partial charge in [-0.15, -0.1) is 0 Å². The standard InChI is InChI=1S/C20H25N3O/c1-19-12-22(11-16-6-4-3-5-7-16)13-20(19,2)15-23(14-19)18(24)17-8-9-21-10-17/h3-10,21H,11-15H2,1-2H3. The van der Waals surface area contributed by atoms with E-state index in [0.717, 1.165) is 38.3 Å². The van der Waals surface area contributed by atoms with Crippen molar-refractivity contribution in [2.75, 3.05) is 26.2 Å². The molecule has 24 heavy (non-hydrogen) atoms. The van der Waals surface area contributed by atoms with Crippen LogP contribution < -0.4 is 0 Å². The molecule has 1 aromatic heterocycles. The van der Waals surface area contributed by atoms with E-state index < -0.39 is 0 Å². The summed E-state index contributed by atoms with van der Waals surface area (Å²) >= 11 is 0. The highest BCUT2D eigenvalue weighted by atomic mass is 16.2. The van der Waals surface area contributed by atoms with E-state index in [9.17, 15) is 4.79 Å². The van der Waals surface area contributed by atoms with Crippen LogP contribution >= 0.6 is 0 Å². The van der Waals surface area contributed by atoms with Crippen molar-refractivity contribution < 1.29 is 4.79 Å². The molecule has 0 bridgehead atoms. The summed E-state index contributed by atoms with van der Waals surface area (Å²) < 4.78 is 0. The van der Waals surface area contributed by atoms with Crippen LogP contribution in [-0.4, -0.2) is 46.9 Å². The Morgan fingerprint density at radius 2 is 1.71 bits per heavy atom. The van der Waals surface area contributed by atoms with E-state index in [0.29, 0.717) is 0 Å². The molecule has 2 atom stereocenters. The number of benzene rings is 1. The lowest BCUT2D eigenvalue weighted by Gasteiger charge is -2.30. The average Bonchev–Trinajstić information content (AvgIpc) is 3.20. The number of carbonyl (C=O) groups excluding carboxylic acids is 1. The van der Waals surface area contributed by atoms with Gasteiger partial charge in [0.2, 0.25) is 0 Å². The number of likely N-dealkylation sites (tertiary alicyclic amines) is 2. The first kappa shape index (κ1) is 15.5. The Labute approximate surface area is 143 Å². The number of H-pyrrole nitrogens is 1. The molecule has 0 aliphatic carbocycles. The highest BCUT2D eigenvalue weighted by Gasteiger charge is 2.58. The summed E-state index contributed by atoms with van der Waals surface area (Å²) in [6.07, 6.45) is 3.61. The molecule has 3 heterocycles. The first-order valence-electron chi connectivity index (χ1n) is 8.68. The van der Waals surface area contributed by atoms with Gasteiger partial charge in [0.1, 0.15) is 0 Å². The summed E-state index contributed by atoms with van der Waals surface area (Å²) in [5.74, 6) is 0.155. The molecule has 0 saturated carbocycles. The summed E-state index contributed by atoms with van der Waals surface area (Å²) in [7, 11) is 0. The van der Waals surface area contributed by atoms with Gasteiger partial charge in [-0.2, -0.15) is 0 Å². The van der Waals surface area contributed by atoms with Gasteiger partial charge in [0.05, 0.1) is 5.56 Å². The normalized spacial score (nSPS) is 29.8. The lowest BCUT2D eigenvalue weighted by atomic mass is 9.71. The minimum absolute atomic E-state index is 0.155. The van der Waals surface area contributed by atoms with Crippen LogP contribution in [0.1, 0.15) is 29.8 Å². The van der Waals surface area contributed by atoms with Crippen molar-refractivity contribution in [3.63, 3.8) is 0 Å². The van der Waals surface area contributed by atoms with E-state index in [2.05, 4.69) is 54.1 Å². The van der Waals surface area contributed by atoms with Crippen molar-refractivity contribution in [2.45, 2.75) is 20.4 Å². The van der Waals surface area contributed by atoms with Crippen LogP contribution in [0.2, 0.25) is 0 Å². The molecular formula is C20H25N3O. The molecule has 2 unspecified atom stereocenters. The van der Waals surface area contributed by atoms with Crippen molar-refractivity contribution in [1.82, 2.24) is 14.8 Å². The van der Waals surface area contributed by atoms with Gasteiger partial charge in [0.15, 0.2) is 0 Å². The van der Waals surface area contributed by atoms with Gasteiger partial charge in [0.25, 0.3) is 5.91 Å². The van der Waals surface area contributed by atoms with Crippen LogP contribution in [0.4, 0.5) is 0 Å². The molecule has 2 saturated heterocycles. The van der Waals surface area contributed by atoms with Gasteiger partial charge in [-0.1, -0.05) is 44.2 Å². The minimum atomic E-state index is 0.155. The van der Waals surface area contributed by atoms with Crippen LogP contribution in [0.15, 0.2) is 48.8 Å². The van der Waals surface area contributed by atoms with Crippen molar-refractivity contribution in [3.8, 4) is 0 Å². The molecule has 4 nitrogen and oxygen atoms in total. The van der Waals surface area contributed by atoms with E-state index in [-0.39, 0.29) is 16.7 Å². The predicted molar refractivity (Wildman–Crippen MR) is 94.6 cm³/mol. The molecule has 4 heteroatoms. The molecule has 2 aliphatic heterocycles. The third-order valence-electron chi connectivity index (χ3n) is 6.06. The third kappa shape index (κ3) is 2.46. The number of hydrogen-bond acceptors (Lipinski definition) is 2. The van der Waals surface area contributed by atoms with Crippen LogP contribution in [0.3, 0.4) is 0 Å². The average molecular weight is 323 g/mol. The van der Waals surface area contributed by atoms with Gasteiger partial charge in [-0.25, -0.2) is 0 Å². The SMILES string of the molecule is CC12CN(Cc3ccccc3)CC1(C)CN(C(=O)c1cc[nH]c1)C2. The predicted octanol–water partition coefficient (Wildman–Crippen LogP) is 3.00. The number of amides is 1. The Morgan fingerprint density at radius 1 is 1.04 bits per heavy atom. The highest BCUT2D eigenvalue weighted by Crippen LogP contribution is 2.52. The monoisotopic (exact) mass is 323 g/mol. The van der Waals surface area contributed by atoms with E-state index in [1.807, 2.05) is 17.2 Å². The molecule has 0 spiro atoms. The first-order valence-corrected chi connectivity index (χ1v) is 8.68. The maximum Gasteiger partial charge on any atom is 0.255 e. The van der Waals surface area contributed by atoms with E-state index in [1.165, 1.54) is 5.56 Å². The fraction of sp³-hybridized carbons (Fsp3) is 0.450. The van der Waals surface area contributed by atoms with Gasteiger partial charge in [-0.3, -0.25) is 9.69 Å². The highest BCUT2D eigenvalue weighted by molar-refractivity contribution is 5.94. The largest absolute Gasteiger partial charge is 0.367 e. The second-order valence-electron chi connectivity index (χ2n) is 8.01. The topological polar surface area (TPSA) is 39.3 Å². The van der Waals surface area contributed by atoms with E-state index in [4.69, 9.17) is 0 Å². The summed E-state index contributed by atoms with van der Waals surface area (Å²) in [6, 6.07) is 12.5. The van der Waals surface area contributed by atoms with Crippen LogP contribution in [0.5, 0.6) is 0 Å². The molecule has 2 aliphatic rings. The van der Waals surface area contributed by atoms with Crippen molar-refractivity contribution in [2.24, 2.45) is 10.8 Å². The zero-order valence-electron chi connectivity index (χ0n) is 14.5. The Kier molecular flexibility index (Phi) is 3.53. The second kappa shape index (κ2) is 5.49. The van der Waals surface area contributed by atoms with Gasteiger partial charge in [0, 0.05) is 55.9 Å². The Bertz CT molecular complexity index is 707.